The molecule has 2 aromatic rings. The Bertz CT molecular complexity index is 513. The van der Waals surface area contributed by atoms with Gasteiger partial charge in [0, 0.05) is 21.2 Å². The minimum absolute atomic E-state index is 0.572. The third-order valence-corrected chi connectivity index (χ3v) is 5.24. The van der Waals surface area contributed by atoms with Gasteiger partial charge in [0.1, 0.15) is 0 Å². The topological polar surface area (TPSA) is 12.0 Å². The van der Waals surface area contributed by atoms with Crippen molar-refractivity contribution in [1.82, 2.24) is 5.32 Å². The molecule has 1 unspecified atom stereocenters. The van der Waals surface area contributed by atoms with Crippen molar-refractivity contribution in [3.63, 3.8) is 0 Å². The number of halogens is 1. The lowest BCUT2D eigenvalue weighted by Gasteiger charge is -2.15. The number of thioether (sulfide) groups is 1. The van der Waals surface area contributed by atoms with Crippen molar-refractivity contribution in [1.29, 1.82) is 0 Å². The fourth-order valence-corrected chi connectivity index (χ4v) is 3.56. The molecule has 0 spiro atoms. The molecule has 0 aliphatic carbocycles. The van der Waals surface area contributed by atoms with Crippen LogP contribution in [0.5, 0.6) is 0 Å². The zero-order valence-corrected chi connectivity index (χ0v) is 14.8. The van der Waals surface area contributed by atoms with Crippen molar-refractivity contribution < 1.29 is 0 Å². The zero-order chi connectivity index (χ0) is 14.9. The van der Waals surface area contributed by atoms with Gasteiger partial charge in [-0.15, -0.1) is 11.8 Å². The summed E-state index contributed by atoms with van der Waals surface area (Å²) in [5.41, 5.74) is 1.44. The molecule has 0 bridgehead atoms. The Morgan fingerprint density at radius 2 is 1.76 bits per heavy atom. The van der Waals surface area contributed by atoms with Gasteiger partial charge in [-0.2, -0.15) is 0 Å². The molecule has 0 saturated carbocycles. The van der Waals surface area contributed by atoms with E-state index in [0.29, 0.717) is 6.04 Å². The maximum Gasteiger partial charge on any atom is 0.0176 e. The molecule has 3 heteroatoms. The third kappa shape index (κ3) is 6.25. The first kappa shape index (κ1) is 16.6. The molecule has 0 aromatic heterocycles. The highest BCUT2D eigenvalue weighted by molar-refractivity contribution is 9.10. The molecule has 0 aliphatic heterocycles. The number of rotatable bonds is 8. The molecule has 112 valence electrons. The molecule has 1 nitrogen and oxygen atoms in total. The van der Waals surface area contributed by atoms with Gasteiger partial charge in [0.2, 0.25) is 0 Å². The Labute approximate surface area is 140 Å². The lowest BCUT2D eigenvalue weighted by atomic mass is 10.1. The summed E-state index contributed by atoms with van der Waals surface area (Å²) in [4.78, 5) is 1.33. The maximum absolute atomic E-state index is 3.47. The fourth-order valence-electron chi connectivity index (χ4n) is 2.24. The average Bonchev–Trinajstić information content (AvgIpc) is 2.53. The molecule has 2 aromatic carbocycles. The second-order valence-electron chi connectivity index (χ2n) is 5.13. The van der Waals surface area contributed by atoms with Crippen LogP contribution < -0.4 is 5.32 Å². The summed E-state index contributed by atoms with van der Waals surface area (Å²) in [6, 6.07) is 19.9. The number of benzene rings is 2. The predicted octanol–water partition coefficient (Wildman–Crippen LogP) is 5.15. The van der Waals surface area contributed by atoms with Crippen LogP contribution in [0, 0.1) is 0 Å². The summed E-state index contributed by atoms with van der Waals surface area (Å²) in [5, 5.41) is 3.44. The number of hydrogen-bond donors (Lipinski definition) is 1. The van der Waals surface area contributed by atoms with Crippen LogP contribution in [0.2, 0.25) is 0 Å². The Morgan fingerprint density at radius 3 is 2.43 bits per heavy atom. The van der Waals surface area contributed by atoms with Crippen molar-refractivity contribution in [3.8, 4) is 0 Å². The van der Waals surface area contributed by atoms with Gasteiger partial charge in [-0.1, -0.05) is 46.3 Å². The summed E-state index contributed by atoms with van der Waals surface area (Å²) < 4.78 is 1.14. The summed E-state index contributed by atoms with van der Waals surface area (Å²) >= 11 is 5.40. The van der Waals surface area contributed by atoms with Gasteiger partial charge >= 0.3 is 0 Å². The van der Waals surface area contributed by atoms with E-state index in [1.54, 1.807) is 0 Å². The Hall–Kier alpha value is -0.770. The van der Waals surface area contributed by atoms with E-state index in [1.807, 2.05) is 11.8 Å². The molecule has 0 heterocycles. The highest BCUT2D eigenvalue weighted by Crippen LogP contribution is 2.22. The van der Waals surface area contributed by atoms with Gasteiger partial charge in [-0.25, -0.2) is 0 Å². The number of hydrogen-bond acceptors (Lipinski definition) is 2. The molecule has 1 atom stereocenters. The van der Waals surface area contributed by atoms with Crippen molar-refractivity contribution in [3.05, 3.63) is 64.6 Å². The molecule has 1 N–H and O–H groups in total. The van der Waals surface area contributed by atoms with Crippen LogP contribution in [0.3, 0.4) is 0 Å². The Morgan fingerprint density at radius 1 is 1.05 bits per heavy atom. The molecular formula is C18H22BrNS. The molecule has 0 radical (unpaired) electrons. The normalized spacial score (nSPS) is 12.3. The minimum atomic E-state index is 0.572. The molecule has 0 aliphatic rings. The van der Waals surface area contributed by atoms with Crippen molar-refractivity contribution in [2.75, 3.05) is 12.8 Å². The molecule has 0 amide bonds. The van der Waals surface area contributed by atoms with Crippen molar-refractivity contribution in [2.24, 2.45) is 0 Å². The average molecular weight is 364 g/mol. The maximum atomic E-state index is 3.47. The van der Waals surface area contributed by atoms with Gasteiger partial charge in [0.15, 0.2) is 0 Å². The van der Waals surface area contributed by atoms with E-state index in [0.717, 1.165) is 10.2 Å². The molecule has 0 fully saturated rings. The molecule has 0 saturated heterocycles. The van der Waals surface area contributed by atoms with Crippen LogP contribution in [0.15, 0.2) is 64.0 Å². The van der Waals surface area contributed by atoms with Crippen LogP contribution in [-0.4, -0.2) is 18.8 Å². The second-order valence-corrected chi connectivity index (χ2v) is 7.14. The highest BCUT2D eigenvalue weighted by Gasteiger charge is 2.07. The van der Waals surface area contributed by atoms with Gasteiger partial charge in [-0.3, -0.25) is 0 Å². The first-order valence-corrected chi connectivity index (χ1v) is 9.15. The van der Waals surface area contributed by atoms with Crippen LogP contribution in [-0.2, 0) is 6.42 Å². The quantitative estimate of drug-likeness (QED) is 0.650. The highest BCUT2D eigenvalue weighted by atomic mass is 79.9. The molecule has 2 rings (SSSR count). The van der Waals surface area contributed by atoms with Gasteiger partial charge in [0.25, 0.3) is 0 Å². The number of nitrogens with one attached hydrogen (secondary N) is 1. The number of aryl methyl sites for hydroxylation is 1. The summed E-state index contributed by atoms with van der Waals surface area (Å²) in [7, 11) is 2.06. The Kier molecular flexibility index (Phi) is 7.34. The first-order valence-electron chi connectivity index (χ1n) is 7.37. The summed E-state index contributed by atoms with van der Waals surface area (Å²) in [6.45, 7) is 0. The smallest absolute Gasteiger partial charge is 0.0176 e. The van der Waals surface area contributed by atoms with Crippen LogP contribution in [0.25, 0.3) is 0 Å². The molecular weight excluding hydrogens is 342 g/mol. The zero-order valence-electron chi connectivity index (χ0n) is 12.4. The van der Waals surface area contributed by atoms with Crippen LogP contribution in [0.1, 0.15) is 18.4 Å². The van der Waals surface area contributed by atoms with Crippen LogP contribution in [0.4, 0.5) is 0 Å². The minimum Gasteiger partial charge on any atom is -0.316 e. The third-order valence-electron chi connectivity index (χ3n) is 3.53. The van der Waals surface area contributed by atoms with E-state index in [1.165, 1.54) is 29.7 Å². The van der Waals surface area contributed by atoms with Crippen molar-refractivity contribution in [2.45, 2.75) is 30.2 Å². The fraction of sp³-hybridized carbons (Fsp3) is 0.333. The van der Waals surface area contributed by atoms with Gasteiger partial charge in [0.05, 0.1) is 0 Å². The standard InChI is InChI=1S/C18H22BrNS/c1-20-17(9-5-8-15-6-3-2-4-7-15)14-21-18-12-10-16(19)11-13-18/h2-4,6-7,10-13,17,20H,5,8-9,14H2,1H3. The van der Waals surface area contributed by atoms with E-state index >= 15 is 0 Å². The summed E-state index contributed by atoms with van der Waals surface area (Å²) in [5.74, 6) is 1.12. The van der Waals surface area contributed by atoms with E-state index in [4.69, 9.17) is 0 Å². The van der Waals surface area contributed by atoms with E-state index in [-0.39, 0.29) is 0 Å². The van der Waals surface area contributed by atoms with E-state index < -0.39 is 0 Å². The Balaban J connectivity index is 1.71. The first-order chi connectivity index (χ1) is 10.3. The largest absolute Gasteiger partial charge is 0.316 e. The lowest BCUT2D eigenvalue weighted by Crippen LogP contribution is -2.27. The van der Waals surface area contributed by atoms with Gasteiger partial charge in [-0.05, 0) is 56.1 Å². The second kappa shape index (κ2) is 9.29. The SMILES string of the molecule is CNC(CCCc1ccccc1)CSc1ccc(Br)cc1. The van der Waals surface area contributed by atoms with E-state index in [2.05, 4.69) is 82.9 Å². The predicted molar refractivity (Wildman–Crippen MR) is 97.1 cm³/mol. The van der Waals surface area contributed by atoms with E-state index in [9.17, 15) is 0 Å². The summed E-state index contributed by atoms with van der Waals surface area (Å²) in [6.07, 6.45) is 3.62. The lowest BCUT2D eigenvalue weighted by molar-refractivity contribution is 0.549. The molecule has 21 heavy (non-hydrogen) atoms. The van der Waals surface area contributed by atoms with Crippen molar-refractivity contribution >= 4 is 27.7 Å². The monoisotopic (exact) mass is 363 g/mol. The van der Waals surface area contributed by atoms with Gasteiger partial charge < -0.3 is 5.32 Å². The van der Waals surface area contributed by atoms with Crippen LogP contribution >= 0.6 is 27.7 Å².